The molecule has 0 aromatic carbocycles. The highest BCUT2D eigenvalue weighted by Gasteiger charge is 2.10. The van der Waals surface area contributed by atoms with Gasteiger partial charge in [-0.2, -0.15) is 5.10 Å². The Bertz CT molecular complexity index is 495. The molecule has 0 aliphatic heterocycles. The van der Waals surface area contributed by atoms with Gasteiger partial charge in [-0.15, -0.1) is 0 Å². The number of carbonyl (C=O) groups is 1. The summed E-state index contributed by atoms with van der Waals surface area (Å²) in [5.41, 5.74) is 1.45. The fourth-order valence-corrected chi connectivity index (χ4v) is 1.75. The molecule has 84 valence electrons. The molecule has 0 aliphatic rings. The second-order valence-corrected chi connectivity index (χ2v) is 4.18. The second kappa shape index (κ2) is 5.12. The topological polar surface area (TPSA) is 46.4 Å². The zero-order valence-electron chi connectivity index (χ0n) is 8.69. The molecule has 2 aromatic heterocycles. The van der Waals surface area contributed by atoms with Crippen molar-refractivity contribution in [3.8, 4) is 0 Å². The first-order valence-corrected chi connectivity index (χ1v) is 6.21. The maximum atomic E-state index is 11.8. The van der Waals surface area contributed by atoms with E-state index in [0.29, 0.717) is 12.1 Å². The molecule has 5 heteroatoms. The van der Waals surface area contributed by atoms with Crippen LogP contribution in [0, 0.1) is 0 Å². The van der Waals surface area contributed by atoms with Gasteiger partial charge < -0.3 is 5.32 Å². The molecule has 2 heterocycles. The Labute approximate surface area is 102 Å². The van der Waals surface area contributed by atoms with Crippen molar-refractivity contribution in [2.75, 3.05) is 11.9 Å². The molecular weight excluding hydrogens is 270 g/mol. The maximum Gasteiger partial charge on any atom is 0.255 e. The fourth-order valence-electron chi connectivity index (χ4n) is 1.47. The number of aromatic nitrogens is 2. The van der Waals surface area contributed by atoms with Crippen LogP contribution in [0.3, 0.4) is 0 Å². The first kappa shape index (κ1) is 11.1. The van der Waals surface area contributed by atoms with Crippen molar-refractivity contribution in [3.63, 3.8) is 0 Å². The monoisotopic (exact) mass is 281 g/mol. The van der Waals surface area contributed by atoms with Gasteiger partial charge in [0, 0.05) is 18.1 Å². The summed E-state index contributed by atoms with van der Waals surface area (Å²) >= 11 is 3.32. The van der Waals surface area contributed by atoms with Gasteiger partial charge in [0.15, 0.2) is 0 Å². The van der Waals surface area contributed by atoms with Gasteiger partial charge in [0.05, 0.1) is 17.3 Å². The molecule has 0 saturated heterocycles. The number of hydrogen-bond acceptors (Lipinski definition) is 2. The smallest absolute Gasteiger partial charge is 0.255 e. The molecule has 2 rings (SSSR count). The number of fused-ring (bicyclic) bond motifs is 1. The number of hydrogen-bond donors (Lipinski definition) is 1. The molecule has 0 fully saturated rings. The number of alkyl halides is 1. The molecule has 2 aromatic rings. The summed E-state index contributed by atoms with van der Waals surface area (Å²) in [5.74, 6) is -0.0675. The van der Waals surface area contributed by atoms with Crippen LogP contribution < -0.4 is 5.32 Å². The summed E-state index contributed by atoms with van der Waals surface area (Å²) in [6, 6.07) is 5.66. The number of rotatable bonds is 4. The average Bonchev–Trinajstić information content (AvgIpc) is 2.73. The predicted octanol–water partition coefficient (Wildman–Crippen LogP) is 1.85. The lowest BCUT2D eigenvalue weighted by molar-refractivity contribution is 0.0955. The normalized spacial score (nSPS) is 10.6. The molecular formula is C11H12BrN3O. The van der Waals surface area contributed by atoms with E-state index in [9.17, 15) is 4.79 Å². The third-order valence-electron chi connectivity index (χ3n) is 2.27. The number of nitrogens with one attached hydrogen (secondary N) is 1. The van der Waals surface area contributed by atoms with E-state index in [-0.39, 0.29) is 5.91 Å². The lowest BCUT2D eigenvalue weighted by Crippen LogP contribution is -2.24. The number of halogens is 1. The van der Waals surface area contributed by atoms with E-state index < -0.39 is 0 Å². The van der Waals surface area contributed by atoms with Crippen molar-refractivity contribution in [2.24, 2.45) is 0 Å². The molecule has 4 nitrogen and oxygen atoms in total. The molecule has 0 unspecified atom stereocenters. The first-order valence-electron chi connectivity index (χ1n) is 5.09. The summed E-state index contributed by atoms with van der Waals surface area (Å²) in [6.45, 7) is 0.675. The summed E-state index contributed by atoms with van der Waals surface area (Å²) in [5, 5.41) is 7.86. The molecule has 16 heavy (non-hydrogen) atoms. The van der Waals surface area contributed by atoms with Crippen molar-refractivity contribution in [2.45, 2.75) is 6.42 Å². The van der Waals surface area contributed by atoms with Gasteiger partial charge in [-0.3, -0.25) is 4.79 Å². The standard InChI is InChI=1S/C11H12BrN3O/c12-5-3-6-13-11(16)9-8-14-15-7-2-1-4-10(9)15/h1-2,4,7-8H,3,5-6H2,(H,13,16). The van der Waals surface area contributed by atoms with Crippen LogP contribution in [0.2, 0.25) is 0 Å². The molecule has 1 amide bonds. The molecule has 1 N–H and O–H groups in total. The van der Waals surface area contributed by atoms with E-state index in [1.54, 1.807) is 10.7 Å². The number of nitrogens with zero attached hydrogens (tertiary/aromatic N) is 2. The van der Waals surface area contributed by atoms with Crippen molar-refractivity contribution in [3.05, 3.63) is 36.2 Å². The zero-order valence-corrected chi connectivity index (χ0v) is 10.3. The second-order valence-electron chi connectivity index (χ2n) is 3.39. The van der Waals surface area contributed by atoms with Crippen LogP contribution in [-0.4, -0.2) is 27.4 Å². The number of amides is 1. The quantitative estimate of drug-likeness (QED) is 0.687. The van der Waals surface area contributed by atoms with Gasteiger partial charge in [-0.1, -0.05) is 22.0 Å². The summed E-state index contributed by atoms with van der Waals surface area (Å²) < 4.78 is 1.69. The largest absolute Gasteiger partial charge is 0.352 e. The van der Waals surface area contributed by atoms with Crippen LogP contribution in [0.5, 0.6) is 0 Å². The molecule has 0 bridgehead atoms. The van der Waals surface area contributed by atoms with E-state index in [0.717, 1.165) is 17.3 Å². The minimum Gasteiger partial charge on any atom is -0.352 e. The van der Waals surface area contributed by atoms with Crippen molar-refractivity contribution >= 4 is 27.4 Å². The van der Waals surface area contributed by atoms with Crippen LogP contribution in [0.25, 0.3) is 5.52 Å². The van der Waals surface area contributed by atoms with Gasteiger partial charge in [0.25, 0.3) is 5.91 Å². The van der Waals surface area contributed by atoms with E-state index in [2.05, 4.69) is 26.3 Å². The van der Waals surface area contributed by atoms with Gasteiger partial charge in [-0.25, -0.2) is 4.52 Å². The minimum atomic E-state index is -0.0675. The van der Waals surface area contributed by atoms with Gasteiger partial charge in [0.1, 0.15) is 0 Å². The fraction of sp³-hybridized carbons (Fsp3) is 0.273. The van der Waals surface area contributed by atoms with E-state index in [1.165, 1.54) is 0 Å². The average molecular weight is 282 g/mol. The van der Waals surface area contributed by atoms with E-state index in [4.69, 9.17) is 0 Å². The van der Waals surface area contributed by atoms with Gasteiger partial charge >= 0.3 is 0 Å². The highest BCUT2D eigenvalue weighted by atomic mass is 79.9. The third kappa shape index (κ3) is 2.24. The van der Waals surface area contributed by atoms with Crippen LogP contribution in [0.1, 0.15) is 16.8 Å². The Morgan fingerprint density at radius 2 is 2.38 bits per heavy atom. The van der Waals surface area contributed by atoms with E-state index in [1.807, 2.05) is 24.4 Å². The van der Waals surface area contributed by atoms with Crippen LogP contribution in [-0.2, 0) is 0 Å². The number of carbonyl (C=O) groups excluding carboxylic acids is 1. The minimum absolute atomic E-state index is 0.0675. The molecule has 0 saturated carbocycles. The molecule has 0 spiro atoms. The molecule has 0 atom stereocenters. The summed E-state index contributed by atoms with van der Waals surface area (Å²) in [6.07, 6.45) is 4.34. The Morgan fingerprint density at radius 1 is 1.50 bits per heavy atom. The lowest BCUT2D eigenvalue weighted by atomic mass is 10.2. The van der Waals surface area contributed by atoms with Crippen LogP contribution >= 0.6 is 15.9 Å². The van der Waals surface area contributed by atoms with Crippen molar-refractivity contribution in [1.29, 1.82) is 0 Å². The highest BCUT2D eigenvalue weighted by Crippen LogP contribution is 2.09. The maximum absolute atomic E-state index is 11.8. The Balaban J connectivity index is 2.17. The Kier molecular flexibility index (Phi) is 3.56. The first-order chi connectivity index (χ1) is 7.83. The molecule has 0 radical (unpaired) electrons. The number of pyridine rings is 1. The Morgan fingerprint density at radius 3 is 3.19 bits per heavy atom. The van der Waals surface area contributed by atoms with Crippen molar-refractivity contribution < 1.29 is 4.79 Å². The summed E-state index contributed by atoms with van der Waals surface area (Å²) in [4.78, 5) is 11.8. The lowest BCUT2D eigenvalue weighted by Gasteiger charge is -2.01. The van der Waals surface area contributed by atoms with Crippen molar-refractivity contribution in [1.82, 2.24) is 14.9 Å². The van der Waals surface area contributed by atoms with Crippen LogP contribution in [0.15, 0.2) is 30.6 Å². The highest BCUT2D eigenvalue weighted by molar-refractivity contribution is 9.09. The third-order valence-corrected chi connectivity index (χ3v) is 2.83. The predicted molar refractivity (Wildman–Crippen MR) is 65.9 cm³/mol. The molecule has 0 aliphatic carbocycles. The van der Waals surface area contributed by atoms with E-state index >= 15 is 0 Å². The van der Waals surface area contributed by atoms with Crippen LogP contribution in [0.4, 0.5) is 0 Å². The SMILES string of the molecule is O=C(NCCCBr)c1cnn2ccccc12. The zero-order chi connectivity index (χ0) is 11.4. The van der Waals surface area contributed by atoms with Gasteiger partial charge in [-0.05, 0) is 18.6 Å². The van der Waals surface area contributed by atoms with Gasteiger partial charge in [0.2, 0.25) is 0 Å². The Hall–Kier alpha value is -1.36. The summed E-state index contributed by atoms with van der Waals surface area (Å²) in [7, 11) is 0.